The molecule has 9 heavy (non-hydrogen) atoms. The summed E-state index contributed by atoms with van der Waals surface area (Å²) in [6.07, 6.45) is -1.91. The SMILES string of the molecule is OC1COC2C(O)OC12. The Kier molecular flexibility index (Phi) is 1.04. The highest BCUT2D eigenvalue weighted by Crippen LogP contribution is 2.30. The number of aliphatic hydroxyl groups excluding tert-OH is 2. The summed E-state index contributed by atoms with van der Waals surface area (Å²) in [5.41, 5.74) is 0. The van der Waals surface area contributed by atoms with Gasteiger partial charge in [0, 0.05) is 0 Å². The van der Waals surface area contributed by atoms with Gasteiger partial charge >= 0.3 is 0 Å². The predicted molar refractivity (Wildman–Crippen MR) is 26.6 cm³/mol. The molecule has 0 amide bonds. The van der Waals surface area contributed by atoms with Crippen molar-refractivity contribution in [1.82, 2.24) is 0 Å². The van der Waals surface area contributed by atoms with Gasteiger partial charge in [-0.3, -0.25) is 0 Å². The first-order chi connectivity index (χ1) is 4.29. The Labute approximate surface area is 52.0 Å². The summed E-state index contributed by atoms with van der Waals surface area (Å²) in [5, 5.41) is 17.8. The summed E-state index contributed by atoms with van der Waals surface area (Å²) < 4.78 is 9.71. The second-order valence-corrected chi connectivity index (χ2v) is 2.36. The Balaban J connectivity index is 2.03. The van der Waals surface area contributed by atoms with Crippen LogP contribution in [0.3, 0.4) is 0 Å². The predicted octanol–water partition coefficient (Wildman–Crippen LogP) is -1.54. The van der Waals surface area contributed by atoms with Gasteiger partial charge in [0.15, 0.2) is 6.29 Å². The number of fused-ring (bicyclic) bond motifs is 1. The van der Waals surface area contributed by atoms with E-state index in [-0.39, 0.29) is 18.8 Å². The van der Waals surface area contributed by atoms with Gasteiger partial charge in [-0.1, -0.05) is 0 Å². The van der Waals surface area contributed by atoms with Gasteiger partial charge in [-0.05, 0) is 0 Å². The molecular weight excluding hydrogens is 124 g/mol. The van der Waals surface area contributed by atoms with Gasteiger partial charge in [-0.15, -0.1) is 0 Å². The first kappa shape index (κ1) is 5.61. The molecule has 2 N–H and O–H groups in total. The quantitative estimate of drug-likeness (QED) is 0.419. The lowest BCUT2D eigenvalue weighted by Gasteiger charge is -2.35. The second kappa shape index (κ2) is 1.67. The average Bonchev–Trinajstić information content (AvgIpc) is 2.07. The molecule has 0 saturated carbocycles. The van der Waals surface area contributed by atoms with Crippen LogP contribution in [0, 0.1) is 0 Å². The number of ether oxygens (including phenoxy) is 2. The summed E-state index contributed by atoms with van der Waals surface area (Å²) in [6.45, 7) is 0.284. The third kappa shape index (κ3) is 0.616. The minimum atomic E-state index is -0.813. The highest BCUT2D eigenvalue weighted by Gasteiger charge is 2.51. The molecule has 2 rings (SSSR count). The maximum Gasteiger partial charge on any atom is 0.184 e. The molecule has 0 aromatic carbocycles. The molecule has 0 aliphatic carbocycles. The maximum atomic E-state index is 8.98. The van der Waals surface area contributed by atoms with E-state index in [1.165, 1.54) is 0 Å². The average molecular weight is 132 g/mol. The van der Waals surface area contributed by atoms with Gasteiger partial charge in [-0.2, -0.15) is 0 Å². The molecule has 2 heterocycles. The van der Waals surface area contributed by atoms with E-state index < -0.39 is 12.4 Å². The summed E-state index contributed by atoms with van der Waals surface area (Å²) in [5.74, 6) is 0. The van der Waals surface area contributed by atoms with Gasteiger partial charge < -0.3 is 19.7 Å². The van der Waals surface area contributed by atoms with Gasteiger partial charge in [0.05, 0.1) is 6.61 Å². The summed E-state index contributed by atoms with van der Waals surface area (Å²) in [6, 6.07) is 0. The zero-order chi connectivity index (χ0) is 6.43. The molecule has 4 atom stereocenters. The Morgan fingerprint density at radius 1 is 1.22 bits per heavy atom. The van der Waals surface area contributed by atoms with Crippen LogP contribution in [-0.2, 0) is 9.47 Å². The van der Waals surface area contributed by atoms with Crippen LogP contribution in [0.25, 0.3) is 0 Å². The molecule has 4 nitrogen and oxygen atoms in total. The molecule has 0 spiro atoms. The Morgan fingerprint density at radius 3 is 2.44 bits per heavy atom. The molecule has 4 heteroatoms. The number of rotatable bonds is 0. The van der Waals surface area contributed by atoms with E-state index in [1.54, 1.807) is 0 Å². The van der Waals surface area contributed by atoms with Crippen molar-refractivity contribution < 1.29 is 19.7 Å². The van der Waals surface area contributed by atoms with Gasteiger partial charge in [0.1, 0.15) is 18.3 Å². The largest absolute Gasteiger partial charge is 0.388 e. The minimum absolute atomic E-state index is 0.278. The zero-order valence-electron chi connectivity index (χ0n) is 4.73. The van der Waals surface area contributed by atoms with Crippen LogP contribution in [0.4, 0.5) is 0 Å². The Bertz CT molecular complexity index is 124. The van der Waals surface area contributed by atoms with Gasteiger partial charge in [0.2, 0.25) is 0 Å². The monoisotopic (exact) mass is 132 g/mol. The molecule has 0 radical (unpaired) electrons. The van der Waals surface area contributed by atoms with Crippen LogP contribution in [0.15, 0.2) is 0 Å². The van der Waals surface area contributed by atoms with Gasteiger partial charge in [0.25, 0.3) is 0 Å². The van der Waals surface area contributed by atoms with Crippen molar-refractivity contribution in [2.45, 2.75) is 24.6 Å². The fraction of sp³-hybridized carbons (Fsp3) is 1.00. The fourth-order valence-electron chi connectivity index (χ4n) is 1.18. The maximum absolute atomic E-state index is 8.98. The first-order valence-electron chi connectivity index (χ1n) is 2.92. The minimum Gasteiger partial charge on any atom is -0.388 e. The van der Waals surface area contributed by atoms with Gasteiger partial charge in [-0.25, -0.2) is 0 Å². The van der Waals surface area contributed by atoms with Crippen molar-refractivity contribution in [3.63, 3.8) is 0 Å². The number of aliphatic hydroxyl groups is 2. The number of hydrogen-bond acceptors (Lipinski definition) is 4. The molecule has 52 valence electrons. The van der Waals surface area contributed by atoms with Crippen molar-refractivity contribution in [2.24, 2.45) is 0 Å². The molecule has 0 bridgehead atoms. The van der Waals surface area contributed by atoms with E-state index in [0.717, 1.165) is 0 Å². The van der Waals surface area contributed by atoms with Crippen molar-refractivity contribution in [2.75, 3.05) is 6.61 Å². The summed E-state index contributed by atoms with van der Waals surface area (Å²) in [7, 11) is 0. The summed E-state index contributed by atoms with van der Waals surface area (Å²) in [4.78, 5) is 0. The van der Waals surface area contributed by atoms with E-state index in [2.05, 4.69) is 0 Å². The molecular formula is C5H8O4. The normalized spacial score (nSPS) is 56.7. The van der Waals surface area contributed by atoms with Crippen LogP contribution >= 0.6 is 0 Å². The van der Waals surface area contributed by atoms with E-state index in [1.807, 2.05) is 0 Å². The van der Waals surface area contributed by atoms with Crippen LogP contribution in [0.2, 0.25) is 0 Å². The van der Waals surface area contributed by atoms with Crippen molar-refractivity contribution >= 4 is 0 Å². The van der Waals surface area contributed by atoms with Crippen LogP contribution < -0.4 is 0 Å². The second-order valence-electron chi connectivity index (χ2n) is 2.36. The van der Waals surface area contributed by atoms with Crippen molar-refractivity contribution in [3.05, 3.63) is 0 Å². The lowest BCUT2D eigenvalue weighted by molar-refractivity contribution is -0.296. The van der Waals surface area contributed by atoms with Crippen LogP contribution in [0.1, 0.15) is 0 Å². The van der Waals surface area contributed by atoms with E-state index in [4.69, 9.17) is 19.7 Å². The van der Waals surface area contributed by atoms with E-state index in [9.17, 15) is 0 Å². The molecule has 0 aromatic heterocycles. The number of hydrogen-bond donors (Lipinski definition) is 2. The van der Waals surface area contributed by atoms with E-state index in [0.29, 0.717) is 0 Å². The third-order valence-corrected chi connectivity index (χ3v) is 1.74. The van der Waals surface area contributed by atoms with Crippen LogP contribution in [-0.4, -0.2) is 41.4 Å². The van der Waals surface area contributed by atoms with Crippen molar-refractivity contribution in [1.29, 1.82) is 0 Å². The Hall–Kier alpha value is -0.160. The standard InChI is InChI=1S/C5H8O4/c6-2-1-8-4-3(2)9-5(4)7/h2-7H,1H2. The fourth-order valence-corrected chi connectivity index (χ4v) is 1.18. The smallest absolute Gasteiger partial charge is 0.184 e. The molecule has 2 aliphatic rings. The summed E-state index contributed by atoms with van der Waals surface area (Å²) >= 11 is 0. The molecule has 0 aromatic rings. The lowest BCUT2D eigenvalue weighted by atomic mass is 10.1. The molecule has 2 fully saturated rings. The third-order valence-electron chi connectivity index (χ3n) is 1.74. The van der Waals surface area contributed by atoms with Crippen LogP contribution in [0.5, 0.6) is 0 Å². The zero-order valence-corrected chi connectivity index (χ0v) is 4.73. The molecule has 4 unspecified atom stereocenters. The molecule has 2 aliphatic heterocycles. The lowest BCUT2D eigenvalue weighted by Crippen LogP contribution is -2.54. The first-order valence-corrected chi connectivity index (χ1v) is 2.92. The highest BCUT2D eigenvalue weighted by atomic mass is 16.7. The van der Waals surface area contributed by atoms with E-state index >= 15 is 0 Å². The van der Waals surface area contributed by atoms with Crippen molar-refractivity contribution in [3.8, 4) is 0 Å². The molecule has 2 saturated heterocycles. The Morgan fingerprint density at radius 2 is 2.00 bits per heavy atom. The topological polar surface area (TPSA) is 58.9 Å². The highest BCUT2D eigenvalue weighted by molar-refractivity contribution is 4.93.